The average molecular weight is 337 g/mol. The molecule has 0 fully saturated rings. The van der Waals surface area contributed by atoms with E-state index in [0.717, 1.165) is 0 Å². The van der Waals surface area contributed by atoms with Crippen LogP contribution >= 0.6 is 0 Å². The standard InChI is InChI=1S/C11H19N3O5S2/c1-9(14-21(17,18)13-6-7-19-2)10-4-3-5-11(8-10)20(12,15)16/h3-5,8-9,13-14H,6-7H2,1-2H3,(H2,12,15,16). The quantitative estimate of drug-likeness (QED) is 0.549. The summed E-state index contributed by atoms with van der Waals surface area (Å²) in [6.07, 6.45) is 0. The normalized spacial score (nSPS) is 14.0. The number of nitrogens with two attached hydrogens (primary N) is 1. The molecule has 1 unspecified atom stereocenters. The van der Waals surface area contributed by atoms with Gasteiger partial charge in [-0.1, -0.05) is 12.1 Å². The monoisotopic (exact) mass is 337 g/mol. The minimum Gasteiger partial charge on any atom is -0.383 e. The summed E-state index contributed by atoms with van der Waals surface area (Å²) in [5.74, 6) is 0. The Morgan fingerprint density at radius 1 is 1.29 bits per heavy atom. The molecule has 0 aliphatic carbocycles. The van der Waals surface area contributed by atoms with Crippen molar-refractivity contribution < 1.29 is 21.6 Å². The highest BCUT2D eigenvalue weighted by molar-refractivity contribution is 7.89. The third-order valence-corrected chi connectivity index (χ3v) is 4.78. The first kappa shape index (κ1) is 18.0. The molecule has 4 N–H and O–H groups in total. The van der Waals surface area contributed by atoms with Crippen LogP contribution in [-0.4, -0.2) is 37.1 Å². The van der Waals surface area contributed by atoms with Gasteiger partial charge in [-0.2, -0.15) is 17.9 Å². The summed E-state index contributed by atoms with van der Waals surface area (Å²) in [7, 11) is -6.08. The molecule has 0 saturated carbocycles. The molecule has 0 aliphatic rings. The summed E-state index contributed by atoms with van der Waals surface area (Å²) in [4.78, 5) is -0.0709. The Morgan fingerprint density at radius 3 is 2.52 bits per heavy atom. The van der Waals surface area contributed by atoms with Crippen molar-refractivity contribution in [3.63, 3.8) is 0 Å². The van der Waals surface area contributed by atoms with E-state index in [-0.39, 0.29) is 18.0 Å². The number of sulfonamides is 1. The van der Waals surface area contributed by atoms with E-state index >= 15 is 0 Å². The van der Waals surface area contributed by atoms with Gasteiger partial charge in [0.05, 0.1) is 11.5 Å². The van der Waals surface area contributed by atoms with E-state index in [9.17, 15) is 16.8 Å². The van der Waals surface area contributed by atoms with E-state index in [0.29, 0.717) is 5.56 Å². The zero-order valence-electron chi connectivity index (χ0n) is 11.7. The number of rotatable bonds is 8. The average Bonchev–Trinajstić information content (AvgIpc) is 2.37. The number of hydrogen-bond acceptors (Lipinski definition) is 5. The molecule has 0 heterocycles. The molecule has 0 radical (unpaired) electrons. The van der Waals surface area contributed by atoms with Crippen LogP contribution < -0.4 is 14.6 Å². The van der Waals surface area contributed by atoms with E-state index in [1.165, 1.54) is 25.3 Å². The maximum Gasteiger partial charge on any atom is 0.277 e. The summed E-state index contributed by atoms with van der Waals surface area (Å²) in [6.45, 7) is 1.98. The first-order valence-corrected chi connectivity index (χ1v) is 9.07. The first-order valence-electron chi connectivity index (χ1n) is 6.04. The van der Waals surface area contributed by atoms with Crippen molar-refractivity contribution >= 4 is 20.2 Å². The fourth-order valence-electron chi connectivity index (χ4n) is 1.58. The van der Waals surface area contributed by atoms with Gasteiger partial charge in [0.15, 0.2) is 0 Å². The lowest BCUT2D eigenvalue weighted by atomic mass is 10.1. The molecule has 10 heteroatoms. The molecule has 1 rings (SSSR count). The number of primary sulfonamides is 1. The van der Waals surface area contributed by atoms with Gasteiger partial charge in [-0.15, -0.1) is 0 Å². The van der Waals surface area contributed by atoms with Gasteiger partial charge < -0.3 is 4.74 Å². The third-order valence-electron chi connectivity index (χ3n) is 2.62. The second kappa shape index (κ2) is 7.29. The Balaban J connectivity index is 2.83. The molecular weight excluding hydrogens is 318 g/mol. The van der Waals surface area contributed by atoms with Gasteiger partial charge in [-0.25, -0.2) is 13.6 Å². The lowest BCUT2D eigenvalue weighted by Crippen LogP contribution is -2.39. The zero-order chi connectivity index (χ0) is 16.1. The summed E-state index contributed by atoms with van der Waals surface area (Å²) >= 11 is 0. The van der Waals surface area contributed by atoms with Crippen molar-refractivity contribution in [2.24, 2.45) is 5.14 Å². The van der Waals surface area contributed by atoms with Crippen molar-refractivity contribution in [3.8, 4) is 0 Å². The number of hydrogen-bond donors (Lipinski definition) is 3. The maximum atomic E-state index is 11.8. The van der Waals surface area contributed by atoms with Crippen molar-refractivity contribution in [2.75, 3.05) is 20.3 Å². The molecule has 1 aromatic rings. The summed E-state index contributed by atoms with van der Waals surface area (Å²) in [6, 6.07) is 5.16. The minimum atomic E-state index is -3.83. The maximum absolute atomic E-state index is 11.8. The van der Waals surface area contributed by atoms with Crippen molar-refractivity contribution in [1.29, 1.82) is 0 Å². The molecule has 0 aromatic heterocycles. The second-order valence-corrected chi connectivity index (χ2v) is 7.44. The molecule has 0 saturated heterocycles. The molecule has 0 aliphatic heterocycles. The first-order chi connectivity index (χ1) is 9.65. The van der Waals surface area contributed by atoms with Crippen LogP contribution in [0.1, 0.15) is 18.5 Å². The smallest absolute Gasteiger partial charge is 0.277 e. The zero-order valence-corrected chi connectivity index (χ0v) is 13.4. The van der Waals surface area contributed by atoms with Crippen LogP contribution in [0.25, 0.3) is 0 Å². The molecule has 120 valence electrons. The van der Waals surface area contributed by atoms with Crippen LogP contribution in [0.3, 0.4) is 0 Å². The van der Waals surface area contributed by atoms with Gasteiger partial charge >= 0.3 is 0 Å². The van der Waals surface area contributed by atoms with E-state index in [4.69, 9.17) is 9.88 Å². The van der Waals surface area contributed by atoms with Crippen LogP contribution in [0.15, 0.2) is 29.2 Å². The van der Waals surface area contributed by atoms with Crippen molar-refractivity contribution in [1.82, 2.24) is 9.44 Å². The molecule has 0 bridgehead atoms. The molecule has 1 atom stereocenters. The van der Waals surface area contributed by atoms with Gasteiger partial charge in [0.25, 0.3) is 10.2 Å². The molecular formula is C11H19N3O5S2. The lowest BCUT2D eigenvalue weighted by molar-refractivity contribution is 0.204. The van der Waals surface area contributed by atoms with E-state index in [1.807, 2.05) is 0 Å². The van der Waals surface area contributed by atoms with Crippen molar-refractivity contribution in [2.45, 2.75) is 17.9 Å². The second-order valence-electron chi connectivity index (χ2n) is 4.35. The molecule has 0 amide bonds. The number of benzene rings is 1. The third kappa shape index (κ3) is 6.08. The number of nitrogens with one attached hydrogen (secondary N) is 2. The Hall–Kier alpha value is -1.04. The van der Waals surface area contributed by atoms with Crippen LogP contribution in [-0.2, 0) is 25.0 Å². The highest BCUT2D eigenvalue weighted by Gasteiger charge is 2.16. The fraction of sp³-hybridized carbons (Fsp3) is 0.455. The minimum absolute atomic E-state index is 0.0709. The van der Waals surface area contributed by atoms with Gasteiger partial charge in [-0.05, 0) is 24.6 Å². The van der Waals surface area contributed by atoms with E-state index < -0.39 is 26.3 Å². The van der Waals surface area contributed by atoms with Crippen molar-refractivity contribution in [3.05, 3.63) is 29.8 Å². The van der Waals surface area contributed by atoms with Gasteiger partial charge in [0, 0.05) is 19.7 Å². The molecule has 1 aromatic carbocycles. The number of methoxy groups -OCH3 is 1. The highest BCUT2D eigenvalue weighted by atomic mass is 32.2. The predicted molar refractivity (Wildman–Crippen MR) is 78.2 cm³/mol. The van der Waals surface area contributed by atoms with Crippen LogP contribution in [0.2, 0.25) is 0 Å². The van der Waals surface area contributed by atoms with Crippen LogP contribution in [0.4, 0.5) is 0 Å². The Morgan fingerprint density at radius 2 is 1.95 bits per heavy atom. The fourth-order valence-corrected chi connectivity index (χ4v) is 3.19. The largest absolute Gasteiger partial charge is 0.383 e. The van der Waals surface area contributed by atoms with Gasteiger partial charge in [-0.3, -0.25) is 0 Å². The molecule has 21 heavy (non-hydrogen) atoms. The SMILES string of the molecule is COCCNS(=O)(=O)NC(C)c1cccc(S(N)(=O)=O)c1. The Bertz CT molecular complexity index is 673. The topological polar surface area (TPSA) is 128 Å². The van der Waals surface area contributed by atoms with Gasteiger partial charge in [0.2, 0.25) is 10.0 Å². The van der Waals surface area contributed by atoms with Crippen LogP contribution in [0.5, 0.6) is 0 Å². The summed E-state index contributed by atoms with van der Waals surface area (Å²) in [5.41, 5.74) is 0.485. The lowest BCUT2D eigenvalue weighted by Gasteiger charge is -2.15. The predicted octanol–water partition coefficient (Wildman–Crippen LogP) is -0.535. The highest BCUT2D eigenvalue weighted by Crippen LogP contribution is 2.17. The van der Waals surface area contributed by atoms with Gasteiger partial charge in [0.1, 0.15) is 0 Å². The van der Waals surface area contributed by atoms with E-state index in [1.54, 1.807) is 13.0 Å². The van der Waals surface area contributed by atoms with Crippen LogP contribution in [0, 0.1) is 0 Å². The Labute approximate surface area is 124 Å². The summed E-state index contributed by atoms with van der Waals surface area (Å²) < 4.78 is 55.5. The van der Waals surface area contributed by atoms with E-state index in [2.05, 4.69) is 9.44 Å². The number of ether oxygens (including phenoxy) is 1. The summed E-state index contributed by atoms with van der Waals surface area (Å²) in [5, 5.41) is 5.04. The molecule has 8 nitrogen and oxygen atoms in total. The molecule has 0 spiro atoms. The Kier molecular flexibility index (Phi) is 6.25.